The van der Waals surface area contributed by atoms with Gasteiger partial charge in [-0.2, -0.15) is 18.3 Å². The van der Waals surface area contributed by atoms with E-state index in [1.807, 2.05) is 18.9 Å². The highest BCUT2D eigenvalue weighted by Crippen LogP contribution is 2.33. The van der Waals surface area contributed by atoms with Crippen molar-refractivity contribution in [1.82, 2.24) is 10.2 Å². The summed E-state index contributed by atoms with van der Waals surface area (Å²) < 4.78 is 37.4. The first-order valence-corrected chi connectivity index (χ1v) is 5.54. The molecule has 1 heterocycles. The van der Waals surface area contributed by atoms with Gasteiger partial charge in [-0.05, 0) is 11.8 Å². The first-order chi connectivity index (χ1) is 6.76. The number of aromatic nitrogens is 2. The monoisotopic (exact) mass is 284 g/mol. The van der Waals surface area contributed by atoms with Gasteiger partial charge >= 0.3 is 6.18 Å². The van der Waals surface area contributed by atoms with Crippen molar-refractivity contribution in [3.63, 3.8) is 0 Å². The number of hydrogen-bond acceptors (Lipinski definition) is 1. The quantitative estimate of drug-likeness (QED) is 0.847. The number of nitrogens with one attached hydrogen (secondary N) is 1. The summed E-state index contributed by atoms with van der Waals surface area (Å²) in [6.07, 6.45) is -2.77. The molecule has 0 saturated heterocycles. The van der Waals surface area contributed by atoms with Crippen LogP contribution in [0.1, 0.15) is 25.1 Å². The van der Waals surface area contributed by atoms with Crippen molar-refractivity contribution in [3.8, 4) is 0 Å². The molecule has 0 unspecified atom stereocenters. The molecule has 0 aliphatic carbocycles. The van der Waals surface area contributed by atoms with Crippen molar-refractivity contribution in [2.75, 3.05) is 5.33 Å². The van der Waals surface area contributed by atoms with E-state index in [9.17, 15) is 13.2 Å². The van der Waals surface area contributed by atoms with Gasteiger partial charge in [-0.25, -0.2) is 0 Å². The van der Waals surface area contributed by atoms with Crippen molar-refractivity contribution in [3.05, 3.63) is 17.5 Å². The molecule has 86 valence electrons. The second-order valence-electron chi connectivity index (χ2n) is 4.24. The van der Waals surface area contributed by atoms with Gasteiger partial charge in [-0.1, -0.05) is 29.8 Å². The van der Waals surface area contributed by atoms with E-state index < -0.39 is 11.9 Å². The Labute approximate surface area is 94.4 Å². The van der Waals surface area contributed by atoms with Crippen LogP contribution in [0.5, 0.6) is 0 Å². The summed E-state index contributed by atoms with van der Waals surface area (Å²) in [6.45, 7) is 3.80. The molecule has 0 bridgehead atoms. The molecule has 0 saturated carbocycles. The van der Waals surface area contributed by atoms with Crippen molar-refractivity contribution in [1.29, 1.82) is 0 Å². The van der Waals surface area contributed by atoms with Crippen LogP contribution in [0.15, 0.2) is 6.20 Å². The lowest BCUT2D eigenvalue weighted by Crippen LogP contribution is -2.19. The zero-order valence-corrected chi connectivity index (χ0v) is 10.0. The Morgan fingerprint density at radius 3 is 2.47 bits per heavy atom. The largest absolute Gasteiger partial charge is 0.433 e. The van der Waals surface area contributed by atoms with E-state index in [1.165, 1.54) is 6.20 Å². The SMILES string of the molecule is CC(C)(CBr)Cc1cn[nH]c1C(F)(F)F. The maximum atomic E-state index is 12.5. The van der Waals surface area contributed by atoms with E-state index >= 15 is 0 Å². The Balaban J connectivity index is 2.92. The van der Waals surface area contributed by atoms with Gasteiger partial charge in [0.1, 0.15) is 5.69 Å². The molecule has 0 spiro atoms. The minimum atomic E-state index is -4.35. The van der Waals surface area contributed by atoms with Gasteiger partial charge in [0.15, 0.2) is 0 Å². The predicted octanol–water partition coefficient (Wildman–Crippen LogP) is 3.39. The lowest BCUT2D eigenvalue weighted by Gasteiger charge is -2.21. The van der Waals surface area contributed by atoms with Crippen LogP contribution >= 0.6 is 15.9 Å². The molecule has 2 nitrogen and oxygen atoms in total. The maximum absolute atomic E-state index is 12.5. The van der Waals surface area contributed by atoms with Crippen molar-refractivity contribution in [2.45, 2.75) is 26.4 Å². The lowest BCUT2D eigenvalue weighted by atomic mass is 9.88. The Morgan fingerprint density at radius 1 is 1.40 bits per heavy atom. The van der Waals surface area contributed by atoms with E-state index in [1.54, 1.807) is 0 Å². The van der Waals surface area contributed by atoms with Crippen LogP contribution < -0.4 is 0 Å². The number of rotatable bonds is 3. The van der Waals surface area contributed by atoms with Crippen molar-refractivity contribution >= 4 is 15.9 Å². The van der Waals surface area contributed by atoms with Gasteiger partial charge in [0, 0.05) is 10.9 Å². The fourth-order valence-electron chi connectivity index (χ4n) is 1.25. The summed E-state index contributed by atoms with van der Waals surface area (Å²) in [5.41, 5.74) is -0.743. The van der Waals surface area contributed by atoms with Gasteiger partial charge in [0.2, 0.25) is 0 Å². The third kappa shape index (κ3) is 3.22. The van der Waals surface area contributed by atoms with E-state index in [-0.39, 0.29) is 11.0 Å². The molecular weight excluding hydrogens is 273 g/mol. The number of alkyl halides is 4. The fraction of sp³-hybridized carbons (Fsp3) is 0.667. The maximum Gasteiger partial charge on any atom is 0.433 e. The average molecular weight is 285 g/mol. The van der Waals surface area contributed by atoms with Crippen molar-refractivity contribution in [2.24, 2.45) is 5.41 Å². The smallest absolute Gasteiger partial charge is 0.273 e. The number of H-pyrrole nitrogens is 1. The van der Waals surface area contributed by atoms with E-state index in [4.69, 9.17) is 0 Å². The second kappa shape index (κ2) is 4.15. The molecule has 0 amide bonds. The number of nitrogens with zero attached hydrogens (tertiary/aromatic N) is 1. The minimum absolute atomic E-state index is 0.215. The van der Waals surface area contributed by atoms with Crippen LogP contribution in [0.25, 0.3) is 0 Å². The molecule has 15 heavy (non-hydrogen) atoms. The number of hydrogen-bond donors (Lipinski definition) is 1. The number of halogens is 4. The topological polar surface area (TPSA) is 28.7 Å². The molecule has 0 aromatic carbocycles. The van der Waals surface area contributed by atoms with Crippen molar-refractivity contribution < 1.29 is 13.2 Å². The van der Waals surface area contributed by atoms with Crippen LogP contribution in [0, 0.1) is 5.41 Å². The standard InChI is InChI=1S/C9H12BrF3N2/c1-8(2,5-10)3-6-4-14-15-7(6)9(11,12)13/h4H,3,5H2,1-2H3,(H,14,15). The van der Waals surface area contributed by atoms with Crippen LogP contribution in [-0.4, -0.2) is 15.5 Å². The highest BCUT2D eigenvalue weighted by Gasteiger charge is 2.36. The molecule has 1 aromatic rings. The molecule has 0 fully saturated rings. The van der Waals surface area contributed by atoms with Crippen LogP contribution in [0.3, 0.4) is 0 Å². The molecule has 0 aliphatic rings. The van der Waals surface area contributed by atoms with Gasteiger partial charge in [-0.3, -0.25) is 5.10 Å². The minimum Gasteiger partial charge on any atom is -0.273 e. The second-order valence-corrected chi connectivity index (χ2v) is 4.80. The predicted molar refractivity (Wildman–Crippen MR) is 54.9 cm³/mol. The first kappa shape index (κ1) is 12.5. The molecule has 1 aromatic heterocycles. The summed E-state index contributed by atoms with van der Waals surface area (Å²) in [4.78, 5) is 0. The van der Waals surface area contributed by atoms with E-state index in [0.717, 1.165) is 0 Å². The summed E-state index contributed by atoms with van der Waals surface area (Å²) in [7, 11) is 0. The molecule has 0 atom stereocenters. The normalized spacial score (nSPS) is 13.2. The Kier molecular flexibility index (Phi) is 3.48. The first-order valence-electron chi connectivity index (χ1n) is 4.42. The summed E-state index contributed by atoms with van der Waals surface area (Å²) >= 11 is 3.28. The molecule has 6 heteroatoms. The van der Waals surface area contributed by atoms with E-state index in [2.05, 4.69) is 21.0 Å². The summed E-state index contributed by atoms with van der Waals surface area (Å²) in [5.74, 6) is 0. The molecule has 1 rings (SSSR count). The zero-order valence-electron chi connectivity index (χ0n) is 8.45. The molecule has 0 aliphatic heterocycles. The van der Waals surface area contributed by atoms with Crippen LogP contribution in [-0.2, 0) is 12.6 Å². The Morgan fingerprint density at radius 2 is 2.00 bits per heavy atom. The lowest BCUT2D eigenvalue weighted by molar-refractivity contribution is -0.141. The average Bonchev–Trinajstić information content (AvgIpc) is 2.50. The third-order valence-corrected chi connectivity index (χ3v) is 3.55. The van der Waals surface area contributed by atoms with Gasteiger partial charge in [-0.15, -0.1) is 0 Å². The highest BCUT2D eigenvalue weighted by molar-refractivity contribution is 9.09. The third-order valence-electron chi connectivity index (χ3n) is 2.03. The van der Waals surface area contributed by atoms with E-state index in [0.29, 0.717) is 11.8 Å². The zero-order chi connectivity index (χ0) is 11.7. The fourth-order valence-corrected chi connectivity index (χ4v) is 1.45. The Bertz CT molecular complexity index is 330. The molecule has 1 N–H and O–H groups in total. The number of aromatic amines is 1. The summed E-state index contributed by atoms with van der Waals surface area (Å²) in [6, 6.07) is 0. The van der Waals surface area contributed by atoms with Gasteiger partial charge in [0.05, 0.1) is 6.20 Å². The van der Waals surface area contributed by atoms with Gasteiger partial charge < -0.3 is 0 Å². The Hall–Kier alpha value is -0.520. The van der Waals surface area contributed by atoms with Crippen LogP contribution in [0.2, 0.25) is 0 Å². The van der Waals surface area contributed by atoms with Gasteiger partial charge in [0.25, 0.3) is 0 Å². The highest BCUT2D eigenvalue weighted by atomic mass is 79.9. The molecular formula is C9H12BrF3N2. The molecule has 0 radical (unpaired) electrons. The van der Waals surface area contributed by atoms with Crippen LogP contribution in [0.4, 0.5) is 13.2 Å². The summed E-state index contributed by atoms with van der Waals surface area (Å²) in [5, 5.41) is 6.09.